The van der Waals surface area contributed by atoms with Crippen LogP contribution in [-0.2, 0) is 10.0 Å². The first kappa shape index (κ1) is 18.9. The van der Waals surface area contributed by atoms with E-state index in [2.05, 4.69) is 4.90 Å². The summed E-state index contributed by atoms with van der Waals surface area (Å²) in [4.78, 5) is 12.9. The smallest absolute Gasteiger partial charge is 0.270 e. The minimum absolute atomic E-state index is 0.0476. The van der Waals surface area contributed by atoms with Crippen LogP contribution >= 0.6 is 0 Å². The Morgan fingerprint density at radius 3 is 2.36 bits per heavy atom. The highest BCUT2D eigenvalue weighted by Gasteiger charge is 2.35. The number of sulfonamides is 1. The van der Waals surface area contributed by atoms with Gasteiger partial charge in [0.15, 0.2) is 0 Å². The Bertz CT molecular complexity index is 972. The predicted octanol–water partition coefficient (Wildman–Crippen LogP) is 3.72. The number of hydrogen-bond donors (Lipinski definition) is 0. The van der Waals surface area contributed by atoms with E-state index in [0.29, 0.717) is 18.8 Å². The molecule has 0 radical (unpaired) electrons. The standard InChI is InChI=1S/C20H23N3O4S/c24-23(25)17-10-11-19(20(15-17)28(26,27)21-12-4-5-13-21)22-14-6-9-18(22)16-7-2-1-3-8-16/h1-3,7-8,10-11,15,18H,4-6,9,12-14H2. The summed E-state index contributed by atoms with van der Waals surface area (Å²) in [7, 11) is -3.78. The number of anilines is 1. The number of nitro groups is 1. The van der Waals surface area contributed by atoms with Crippen LogP contribution in [0.1, 0.15) is 37.3 Å². The van der Waals surface area contributed by atoms with Crippen LogP contribution in [0.25, 0.3) is 0 Å². The number of rotatable bonds is 5. The maximum absolute atomic E-state index is 13.3. The van der Waals surface area contributed by atoms with Gasteiger partial charge in [0.25, 0.3) is 5.69 Å². The summed E-state index contributed by atoms with van der Waals surface area (Å²) in [6.07, 6.45) is 3.50. The van der Waals surface area contributed by atoms with E-state index in [1.165, 1.54) is 16.4 Å². The van der Waals surface area contributed by atoms with Crippen molar-refractivity contribution in [1.29, 1.82) is 0 Å². The van der Waals surface area contributed by atoms with Gasteiger partial charge in [-0.3, -0.25) is 10.1 Å². The zero-order chi connectivity index (χ0) is 19.7. The first-order chi connectivity index (χ1) is 13.5. The monoisotopic (exact) mass is 401 g/mol. The molecule has 7 nitrogen and oxygen atoms in total. The van der Waals surface area contributed by atoms with E-state index >= 15 is 0 Å². The molecule has 0 spiro atoms. The molecule has 148 valence electrons. The Labute approximate surface area is 164 Å². The van der Waals surface area contributed by atoms with Crippen molar-refractivity contribution in [2.75, 3.05) is 24.5 Å². The van der Waals surface area contributed by atoms with Gasteiger partial charge in [0.2, 0.25) is 10.0 Å². The number of nitro benzene ring substituents is 1. The summed E-state index contributed by atoms with van der Waals surface area (Å²) in [6, 6.07) is 14.3. The van der Waals surface area contributed by atoms with Crippen molar-refractivity contribution in [1.82, 2.24) is 4.31 Å². The van der Waals surface area contributed by atoms with Crippen molar-refractivity contribution in [2.45, 2.75) is 36.6 Å². The molecule has 8 heteroatoms. The first-order valence-corrected chi connectivity index (χ1v) is 11.0. The molecule has 2 saturated heterocycles. The summed E-state index contributed by atoms with van der Waals surface area (Å²) in [5.74, 6) is 0. The maximum Gasteiger partial charge on any atom is 0.270 e. The van der Waals surface area contributed by atoms with Crippen molar-refractivity contribution in [2.24, 2.45) is 0 Å². The minimum Gasteiger partial charge on any atom is -0.363 e. The van der Waals surface area contributed by atoms with Crippen LogP contribution < -0.4 is 4.90 Å². The third-order valence-electron chi connectivity index (χ3n) is 5.58. The maximum atomic E-state index is 13.3. The highest BCUT2D eigenvalue weighted by Crippen LogP contribution is 2.41. The normalized spacial score (nSPS) is 20.6. The molecule has 0 bridgehead atoms. The molecule has 1 atom stereocenters. The lowest BCUT2D eigenvalue weighted by molar-refractivity contribution is -0.385. The van der Waals surface area contributed by atoms with Gasteiger partial charge in [0, 0.05) is 31.8 Å². The number of hydrogen-bond acceptors (Lipinski definition) is 5. The molecule has 2 heterocycles. The molecule has 0 N–H and O–H groups in total. The SMILES string of the molecule is O=[N+]([O-])c1ccc(N2CCCC2c2ccccc2)c(S(=O)(=O)N2CCCC2)c1. The molecule has 1 unspecified atom stereocenters. The van der Waals surface area contributed by atoms with Crippen LogP contribution in [0.15, 0.2) is 53.4 Å². The van der Waals surface area contributed by atoms with Gasteiger partial charge in [0.1, 0.15) is 4.90 Å². The summed E-state index contributed by atoms with van der Waals surface area (Å²) < 4.78 is 28.1. The average Bonchev–Trinajstić information content (AvgIpc) is 3.40. The molecule has 0 amide bonds. The van der Waals surface area contributed by atoms with E-state index in [0.717, 1.165) is 37.8 Å². The van der Waals surface area contributed by atoms with Crippen LogP contribution in [0.4, 0.5) is 11.4 Å². The Hall–Kier alpha value is -2.45. The molecule has 4 rings (SSSR count). The first-order valence-electron chi connectivity index (χ1n) is 9.58. The summed E-state index contributed by atoms with van der Waals surface area (Å²) >= 11 is 0. The number of non-ortho nitro benzene ring substituents is 1. The van der Waals surface area contributed by atoms with Crippen LogP contribution in [0.3, 0.4) is 0 Å². The Morgan fingerprint density at radius 1 is 0.964 bits per heavy atom. The molecule has 2 aromatic rings. The second-order valence-corrected chi connectivity index (χ2v) is 9.19. The van der Waals surface area contributed by atoms with E-state index in [4.69, 9.17) is 0 Å². The summed E-state index contributed by atoms with van der Waals surface area (Å²) in [5, 5.41) is 11.3. The Kier molecular flexibility index (Phi) is 5.07. The van der Waals surface area contributed by atoms with Gasteiger partial charge < -0.3 is 4.90 Å². The molecule has 2 fully saturated rings. The highest BCUT2D eigenvalue weighted by atomic mass is 32.2. The van der Waals surface area contributed by atoms with Crippen molar-refractivity contribution in [3.63, 3.8) is 0 Å². The van der Waals surface area contributed by atoms with Gasteiger partial charge in [-0.1, -0.05) is 30.3 Å². The fourth-order valence-electron chi connectivity index (χ4n) is 4.20. The fourth-order valence-corrected chi connectivity index (χ4v) is 5.94. The number of benzene rings is 2. The van der Waals surface area contributed by atoms with Crippen molar-refractivity contribution < 1.29 is 13.3 Å². The molecule has 2 aliphatic heterocycles. The van der Waals surface area contributed by atoms with Gasteiger partial charge in [-0.25, -0.2) is 8.42 Å². The van der Waals surface area contributed by atoms with Crippen molar-refractivity contribution in [3.8, 4) is 0 Å². The van der Waals surface area contributed by atoms with Crippen LogP contribution in [0.5, 0.6) is 0 Å². The third-order valence-corrected chi connectivity index (χ3v) is 7.51. The van der Waals surface area contributed by atoms with E-state index in [-0.39, 0.29) is 16.6 Å². The summed E-state index contributed by atoms with van der Waals surface area (Å²) in [5.41, 5.74) is 1.49. The van der Waals surface area contributed by atoms with E-state index in [9.17, 15) is 18.5 Å². The lowest BCUT2D eigenvalue weighted by atomic mass is 10.0. The lowest BCUT2D eigenvalue weighted by Crippen LogP contribution is -2.31. The third kappa shape index (κ3) is 3.38. The van der Waals surface area contributed by atoms with Gasteiger partial charge >= 0.3 is 0 Å². The Morgan fingerprint density at radius 2 is 1.68 bits per heavy atom. The van der Waals surface area contributed by atoms with Crippen LogP contribution in [0.2, 0.25) is 0 Å². The lowest BCUT2D eigenvalue weighted by Gasteiger charge is -2.30. The zero-order valence-electron chi connectivity index (χ0n) is 15.5. The molecule has 0 saturated carbocycles. The van der Waals surface area contributed by atoms with E-state index in [1.807, 2.05) is 30.3 Å². The second kappa shape index (κ2) is 7.52. The summed E-state index contributed by atoms with van der Waals surface area (Å²) in [6.45, 7) is 1.65. The molecule has 2 aromatic carbocycles. The molecular formula is C20H23N3O4S. The second-order valence-electron chi connectivity index (χ2n) is 7.28. The number of nitrogens with zero attached hydrogens (tertiary/aromatic N) is 3. The van der Waals surface area contributed by atoms with Gasteiger partial charge in [-0.2, -0.15) is 4.31 Å². The molecular weight excluding hydrogens is 378 g/mol. The van der Waals surface area contributed by atoms with Gasteiger partial charge in [-0.15, -0.1) is 0 Å². The molecule has 28 heavy (non-hydrogen) atoms. The van der Waals surface area contributed by atoms with Crippen molar-refractivity contribution >= 4 is 21.4 Å². The Balaban J connectivity index is 1.81. The molecule has 2 aliphatic rings. The zero-order valence-corrected chi connectivity index (χ0v) is 16.3. The van der Waals surface area contributed by atoms with Crippen LogP contribution in [-0.4, -0.2) is 37.3 Å². The minimum atomic E-state index is -3.78. The molecule has 0 aliphatic carbocycles. The van der Waals surface area contributed by atoms with Crippen LogP contribution in [0, 0.1) is 10.1 Å². The largest absolute Gasteiger partial charge is 0.363 e. The van der Waals surface area contributed by atoms with Gasteiger partial charge in [-0.05, 0) is 37.3 Å². The molecule has 0 aromatic heterocycles. The van der Waals surface area contributed by atoms with Crippen molar-refractivity contribution in [3.05, 3.63) is 64.2 Å². The highest BCUT2D eigenvalue weighted by molar-refractivity contribution is 7.89. The van der Waals surface area contributed by atoms with Gasteiger partial charge in [0.05, 0.1) is 16.7 Å². The average molecular weight is 401 g/mol. The predicted molar refractivity (Wildman–Crippen MR) is 107 cm³/mol. The quantitative estimate of drug-likeness (QED) is 0.563. The fraction of sp³-hybridized carbons (Fsp3) is 0.400. The van der Waals surface area contributed by atoms with E-state index in [1.54, 1.807) is 6.07 Å². The topological polar surface area (TPSA) is 83.8 Å². The van der Waals surface area contributed by atoms with E-state index < -0.39 is 14.9 Å².